The predicted octanol–water partition coefficient (Wildman–Crippen LogP) is 2.57. The summed E-state index contributed by atoms with van der Waals surface area (Å²) in [6, 6.07) is 7.41. The van der Waals surface area contributed by atoms with Gasteiger partial charge < -0.3 is 9.88 Å². The Morgan fingerprint density at radius 3 is 2.62 bits per heavy atom. The number of amides is 1. The lowest BCUT2D eigenvalue weighted by Gasteiger charge is -2.11. The number of nitrogens with zero attached hydrogens (tertiary/aromatic N) is 3. The van der Waals surface area contributed by atoms with Crippen LogP contribution in [0.4, 0.5) is 0 Å². The predicted molar refractivity (Wildman–Crippen MR) is 84.4 cm³/mol. The first kappa shape index (κ1) is 15.9. The van der Waals surface area contributed by atoms with Gasteiger partial charge in [0.2, 0.25) is 5.91 Å². The molecule has 1 heterocycles. The van der Waals surface area contributed by atoms with Crippen molar-refractivity contribution in [3.05, 3.63) is 40.7 Å². The van der Waals surface area contributed by atoms with Gasteiger partial charge in [-0.25, -0.2) is 0 Å². The van der Waals surface area contributed by atoms with Crippen LogP contribution in [0.25, 0.3) is 0 Å². The van der Waals surface area contributed by atoms with Crippen LogP contribution in [0.1, 0.15) is 18.3 Å². The zero-order chi connectivity index (χ0) is 15.4. The lowest BCUT2D eigenvalue weighted by atomic mass is 10.2. The second-order valence-corrected chi connectivity index (χ2v) is 6.44. The van der Waals surface area contributed by atoms with Crippen molar-refractivity contribution in [3.63, 3.8) is 0 Å². The molecule has 1 aromatic heterocycles. The van der Waals surface area contributed by atoms with Crippen LogP contribution in [0.15, 0.2) is 29.4 Å². The smallest absolute Gasteiger partial charge is 0.233 e. The fourth-order valence-electron chi connectivity index (χ4n) is 1.64. The van der Waals surface area contributed by atoms with Gasteiger partial charge in [0, 0.05) is 18.6 Å². The number of hydrogen-bond donors (Lipinski definition) is 1. The molecule has 21 heavy (non-hydrogen) atoms. The molecule has 1 amide bonds. The van der Waals surface area contributed by atoms with E-state index < -0.39 is 0 Å². The van der Waals surface area contributed by atoms with Crippen molar-refractivity contribution in [1.82, 2.24) is 20.1 Å². The Labute approximate surface area is 133 Å². The number of hydrogen-bond acceptors (Lipinski definition) is 4. The highest BCUT2D eigenvalue weighted by Crippen LogP contribution is 2.21. The van der Waals surface area contributed by atoms with Gasteiger partial charge in [0.05, 0.1) is 5.25 Å². The lowest BCUT2D eigenvalue weighted by Crippen LogP contribution is -2.30. The van der Waals surface area contributed by atoms with E-state index in [0.717, 1.165) is 16.5 Å². The Hall–Kier alpha value is -1.53. The molecule has 0 aliphatic carbocycles. The largest absolute Gasteiger partial charge is 0.351 e. The number of thioether (sulfide) groups is 1. The van der Waals surface area contributed by atoms with Crippen LogP contribution in [-0.4, -0.2) is 25.9 Å². The maximum Gasteiger partial charge on any atom is 0.233 e. The van der Waals surface area contributed by atoms with E-state index in [2.05, 4.69) is 15.5 Å². The Bertz CT molecular complexity index is 626. The highest BCUT2D eigenvalue weighted by Gasteiger charge is 2.17. The van der Waals surface area contributed by atoms with E-state index in [4.69, 9.17) is 11.6 Å². The third-order valence-electron chi connectivity index (χ3n) is 3.08. The van der Waals surface area contributed by atoms with Crippen molar-refractivity contribution in [2.24, 2.45) is 7.05 Å². The number of aryl methyl sites for hydroxylation is 1. The molecule has 1 atom stereocenters. The molecule has 0 aliphatic heterocycles. The number of carbonyl (C=O) groups excluding carboxylic acids is 1. The standard InChI is InChI=1S/C14H17ClN4OS/c1-9(21-14-18-17-10(2)19(14)3)13(20)16-8-11-4-6-12(15)7-5-11/h4-7,9H,8H2,1-3H3,(H,16,20)/t9-/m1/s1. The molecule has 1 N–H and O–H groups in total. The van der Waals surface area contributed by atoms with Crippen molar-refractivity contribution in [3.8, 4) is 0 Å². The second kappa shape index (κ2) is 6.95. The number of aromatic nitrogens is 3. The molecule has 0 spiro atoms. The Balaban J connectivity index is 1.88. The summed E-state index contributed by atoms with van der Waals surface area (Å²) in [7, 11) is 1.88. The summed E-state index contributed by atoms with van der Waals surface area (Å²) in [5.41, 5.74) is 1.01. The molecule has 7 heteroatoms. The van der Waals surface area contributed by atoms with Gasteiger partial charge in [-0.05, 0) is 31.5 Å². The van der Waals surface area contributed by atoms with E-state index >= 15 is 0 Å². The van der Waals surface area contributed by atoms with Crippen molar-refractivity contribution < 1.29 is 4.79 Å². The summed E-state index contributed by atoms with van der Waals surface area (Å²) < 4.78 is 1.87. The first-order chi connectivity index (χ1) is 9.97. The average molecular weight is 325 g/mol. The highest BCUT2D eigenvalue weighted by atomic mass is 35.5. The molecule has 1 aromatic carbocycles. The number of nitrogens with one attached hydrogen (secondary N) is 1. The first-order valence-corrected chi connectivity index (χ1v) is 7.78. The SMILES string of the molecule is Cc1nnc(S[C@H](C)C(=O)NCc2ccc(Cl)cc2)n1C. The molecule has 0 fully saturated rings. The number of carbonyl (C=O) groups is 1. The van der Waals surface area contributed by atoms with E-state index in [-0.39, 0.29) is 11.2 Å². The van der Waals surface area contributed by atoms with Gasteiger partial charge in [0.1, 0.15) is 5.82 Å². The topological polar surface area (TPSA) is 59.8 Å². The molecule has 112 valence electrons. The van der Waals surface area contributed by atoms with Gasteiger partial charge in [-0.1, -0.05) is 35.5 Å². The van der Waals surface area contributed by atoms with Crippen LogP contribution >= 0.6 is 23.4 Å². The van der Waals surface area contributed by atoms with Crippen LogP contribution in [0.3, 0.4) is 0 Å². The van der Waals surface area contributed by atoms with Crippen molar-refractivity contribution in [2.45, 2.75) is 30.8 Å². The van der Waals surface area contributed by atoms with Crippen LogP contribution < -0.4 is 5.32 Å². The van der Waals surface area contributed by atoms with Crippen LogP contribution in [0, 0.1) is 6.92 Å². The van der Waals surface area contributed by atoms with E-state index in [1.165, 1.54) is 11.8 Å². The normalized spacial score (nSPS) is 12.2. The van der Waals surface area contributed by atoms with Gasteiger partial charge in [-0.2, -0.15) is 0 Å². The number of rotatable bonds is 5. The molecule has 2 aromatic rings. The van der Waals surface area contributed by atoms with Gasteiger partial charge in [0.25, 0.3) is 0 Å². The third-order valence-corrected chi connectivity index (χ3v) is 4.47. The van der Waals surface area contributed by atoms with E-state index in [1.54, 1.807) is 0 Å². The molecule has 5 nitrogen and oxygen atoms in total. The van der Waals surface area contributed by atoms with Crippen LogP contribution in [-0.2, 0) is 18.4 Å². The van der Waals surface area contributed by atoms with Crippen molar-refractivity contribution >= 4 is 29.3 Å². The first-order valence-electron chi connectivity index (χ1n) is 6.52. The minimum Gasteiger partial charge on any atom is -0.351 e. The van der Waals surface area contributed by atoms with Crippen LogP contribution in [0.5, 0.6) is 0 Å². The Morgan fingerprint density at radius 2 is 2.05 bits per heavy atom. The Kier molecular flexibility index (Phi) is 5.25. The van der Waals surface area contributed by atoms with E-state index in [9.17, 15) is 4.79 Å². The van der Waals surface area contributed by atoms with Crippen molar-refractivity contribution in [1.29, 1.82) is 0 Å². The molecule has 0 saturated carbocycles. The minimum atomic E-state index is -0.236. The summed E-state index contributed by atoms with van der Waals surface area (Å²) >= 11 is 7.22. The monoisotopic (exact) mass is 324 g/mol. The lowest BCUT2D eigenvalue weighted by molar-refractivity contribution is -0.120. The summed E-state index contributed by atoms with van der Waals surface area (Å²) in [6.45, 7) is 4.22. The number of halogens is 1. The third kappa shape index (κ3) is 4.22. The number of benzene rings is 1. The maximum absolute atomic E-state index is 12.1. The zero-order valence-corrected chi connectivity index (χ0v) is 13.7. The van der Waals surface area contributed by atoms with Gasteiger partial charge >= 0.3 is 0 Å². The molecule has 0 unspecified atom stereocenters. The highest BCUT2D eigenvalue weighted by molar-refractivity contribution is 8.00. The molecular formula is C14H17ClN4OS. The molecule has 0 bridgehead atoms. The zero-order valence-electron chi connectivity index (χ0n) is 12.1. The minimum absolute atomic E-state index is 0.0318. The average Bonchev–Trinajstić information content (AvgIpc) is 2.78. The summed E-state index contributed by atoms with van der Waals surface area (Å²) in [5, 5.41) is 12.1. The molecule has 0 aliphatic rings. The van der Waals surface area contributed by atoms with Gasteiger partial charge in [-0.15, -0.1) is 10.2 Å². The fraction of sp³-hybridized carbons (Fsp3) is 0.357. The second-order valence-electron chi connectivity index (χ2n) is 4.69. The van der Waals surface area contributed by atoms with E-state index in [0.29, 0.717) is 11.6 Å². The quantitative estimate of drug-likeness (QED) is 0.859. The summed E-state index contributed by atoms with van der Waals surface area (Å²) in [6.07, 6.45) is 0. The van der Waals surface area contributed by atoms with Crippen LogP contribution in [0.2, 0.25) is 5.02 Å². The van der Waals surface area contributed by atoms with Gasteiger partial charge in [-0.3, -0.25) is 4.79 Å². The van der Waals surface area contributed by atoms with E-state index in [1.807, 2.05) is 49.7 Å². The summed E-state index contributed by atoms with van der Waals surface area (Å²) in [5.74, 6) is 0.793. The van der Waals surface area contributed by atoms with Gasteiger partial charge in [0.15, 0.2) is 5.16 Å². The molecule has 0 saturated heterocycles. The van der Waals surface area contributed by atoms with Crippen molar-refractivity contribution in [2.75, 3.05) is 0 Å². The summed E-state index contributed by atoms with van der Waals surface area (Å²) in [4.78, 5) is 12.1. The fourth-order valence-corrected chi connectivity index (χ4v) is 2.65. The molecule has 0 radical (unpaired) electrons. The Morgan fingerprint density at radius 1 is 1.38 bits per heavy atom. The molecular weight excluding hydrogens is 308 g/mol. The molecule has 2 rings (SSSR count). The maximum atomic E-state index is 12.1.